The number of sulfonamides is 1. The maximum atomic E-state index is 12.7. The highest BCUT2D eigenvalue weighted by Gasteiger charge is 2.27. The van der Waals surface area contributed by atoms with Crippen molar-refractivity contribution in [3.05, 3.63) is 22.2 Å². The van der Waals surface area contributed by atoms with E-state index in [1.54, 1.807) is 19.1 Å². The van der Waals surface area contributed by atoms with Crippen molar-refractivity contribution < 1.29 is 8.42 Å². The fraction of sp³-hybridized carbons (Fsp3) is 0.600. The van der Waals surface area contributed by atoms with Gasteiger partial charge in [-0.25, -0.2) is 13.1 Å². The van der Waals surface area contributed by atoms with E-state index in [4.69, 9.17) is 5.73 Å². The van der Waals surface area contributed by atoms with Crippen LogP contribution in [0.1, 0.15) is 44.6 Å². The van der Waals surface area contributed by atoms with Crippen LogP contribution in [0, 0.1) is 12.8 Å². The summed E-state index contributed by atoms with van der Waals surface area (Å²) in [4.78, 5) is 0.269. The lowest BCUT2D eigenvalue weighted by atomic mass is 9.98. The molecule has 1 aromatic rings. The number of halogens is 1. The summed E-state index contributed by atoms with van der Waals surface area (Å²) in [7, 11) is -3.54. The molecule has 2 atom stereocenters. The number of nitrogen functional groups attached to an aromatic ring is 1. The van der Waals surface area contributed by atoms with E-state index in [2.05, 4.69) is 27.6 Å². The Hall–Kier alpha value is -0.590. The molecule has 0 radical (unpaired) electrons. The molecule has 4 nitrogen and oxygen atoms in total. The first kappa shape index (κ1) is 16.8. The summed E-state index contributed by atoms with van der Waals surface area (Å²) in [5, 5.41) is 0. The van der Waals surface area contributed by atoms with Crippen LogP contribution in [0.25, 0.3) is 0 Å². The van der Waals surface area contributed by atoms with Crippen molar-refractivity contribution in [3.8, 4) is 0 Å². The van der Waals surface area contributed by atoms with E-state index in [1.165, 1.54) is 12.8 Å². The van der Waals surface area contributed by atoms with Gasteiger partial charge >= 0.3 is 0 Å². The third-order valence-electron chi connectivity index (χ3n) is 4.32. The van der Waals surface area contributed by atoms with Gasteiger partial charge in [0.25, 0.3) is 0 Å². The number of benzene rings is 1. The molecule has 0 aromatic heterocycles. The molecule has 0 saturated heterocycles. The average Bonchev–Trinajstić information content (AvgIpc) is 2.59. The SMILES string of the molecule is Cc1c(N)cc(Br)cc1S(=O)(=O)NC1CCCCCC1C. The maximum Gasteiger partial charge on any atom is 0.241 e. The van der Waals surface area contributed by atoms with Crippen molar-refractivity contribution in [1.29, 1.82) is 0 Å². The second-order valence-corrected chi connectivity index (χ2v) is 8.56. The van der Waals surface area contributed by atoms with Crippen molar-refractivity contribution in [2.75, 3.05) is 5.73 Å². The molecule has 2 rings (SSSR count). The van der Waals surface area contributed by atoms with Crippen molar-refractivity contribution in [3.63, 3.8) is 0 Å². The molecule has 6 heteroatoms. The summed E-state index contributed by atoms with van der Waals surface area (Å²) < 4.78 is 29.0. The van der Waals surface area contributed by atoms with E-state index in [0.717, 1.165) is 19.3 Å². The fourth-order valence-electron chi connectivity index (χ4n) is 2.88. The zero-order valence-corrected chi connectivity index (χ0v) is 14.9. The second-order valence-electron chi connectivity index (χ2n) is 5.96. The third-order valence-corrected chi connectivity index (χ3v) is 6.40. The van der Waals surface area contributed by atoms with Crippen LogP contribution in [0.4, 0.5) is 5.69 Å². The molecule has 0 amide bonds. The van der Waals surface area contributed by atoms with Gasteiger partial charge in [-0.3, -0.25) is 0 Å². The first-order valence-electron chi connectivity index (χ1n) is 7.39. The molecule has 1 aliphatic rings. The topological polar surface area (TPSA) is 72.2 Å². The van der Waals surface area contributed by atoms with Crippen LogP contribution >= 0.6 is 15.9 Å². The quantitative estimate of drug-likeness (QED) is 0.627. The van der Waals surface area contributed by atoms with E-state index in [0.29, 0.717) is 21.6 Å². The van der Waals surface area contributed by atoms with E-state index in [-0.39, 0.29) is 10.9 Å². The standard InChI is InChI=1S/C15H23BrN2O2S/c1-10-6-4-3-5-7-14(10)18-21(19,20)15-9-12(16)8-13(17)11(15)2/h8-10,14,18H,3-7,17H2,1-2H3. The first-order chi connectivity index (χ1) is 9.81. The Labute approximate surface area is 135 Å². The summed E-state index contributed by atoms with van der Waals surface area (Å²) >= 11 is 3.32. The van der Waals surface area contributed by atoms with Gasteiger partial charge in [0, 0.05) is 16.2 Å². The molecule has 1 aromatic carbocycles. The molecule has 0 bridgehead atoms. The molecule has 21 heavy (non-hydrogen) atoms. The Morgan fingerprint density at radius 2 is 1.90 bits per heavy atom. The Kier molecular flexibility index (Phi) is 5.33. The second kappa shape index (κ2) is 6.67. The predicted octanol–water partition coefficient (Wildman–Crippen LogP) is 3.59. The van der Waals surface area contributed by atoms with E-state index < -0.39 is 10.0 Å². The first-order valence-corrected chi connectivity index (χ1v) is 9.67. The van der Waals surface area contributed by atoms with Crippen LogP contribution in [-0.2, 0) is 10.0 Å². The third kappa shape index (κ3) is 3.99. The van der Waals surface area contributed by atoms with Crippen LogP contribution in [0.2, 0.25) is 0 Å². The molecular formula is C15H23BrN2O2S. The smallest absolute Gasteiger partial charge is 0.241 e. The molecule has 3 N–H and O–H groups in total. The van der Waals surface area contributed by atoms with Gasteiger partial charge in [-0.2, -0.15) is 0 Å². The van der Waals surface area contributed by atoms with Crippen LogP contribution in [0.5, 0.6) is 0 Å². The summed E-state index contributed by atoms with van der Waals surface area (Å²) in [5.74, 6) is 0.368. The number of nitrogens with one attached hydrogen (secondary N) is 1. The van der Waals surface area contributed by atoms with Gasteiger partial charge in [0.2, 0.25) is 10.0 Å². The van der Waals surface area contributed by atoms with Crippen molar-refractivity contribution in [1.82, 2.24) is 4.72 Å². The number of rotatable bonds is 3. The highest BCUT2D eigenvalue weighted by molar-refractivity contribution is 9.10. The Balaban J connectivity index is 2.30. The number of hydrogen-bond donors (Lipinski definition) is 2. The van der Waals surface area contributed by atoms with Crippen LogP contribution < -0.4 is 10.5 Å². The maximum absolute atomic E-state index is 12.7. The fourth-order valence-corrected chi connectivity index (χ4v) is 5.19. The highest BCUT2D eigenvalue weighted by Crippen LogP contribution is 2.28. The minimum Gasteiger partial charge on any atom is -0.398 e. The number of nitrogens with two attached hydrogens (primary N) is 1. The van der Waals surface area contributed by atoms with Crippen molar-refractivity contribution in [2.24, 2.45) is 5.92 Å². The number of anilines is 1. The molecular weight excluding hydrogens is 352 g/mol. The van der Waals surface area contributed by atoms with Gasteiger partial charge in [-0.1, -0.05) is 42.1 Å². The highest BCUT2D eigenvalue weighted by atomic mass is 79.9. The van der Waals surface area contributed by atoms with Crippen LogP contribution in [0.3, 0.4) is 0 Å². The minimum absolute atomic E-state index is 0.0112. The predicted molar refractivity (Wildman–Crippen MR) is 89.6 cm³/mol. The van der Waals surface area contributed by atoms with Gasteiger partial charge in [-0.15, -0.1) is 0 Å². The van der Waals surface area contributed by atoms with E-state index >= 15 is 0 Å². The monoisotopic (exact) mass is 374 g/mol. The molecule has 1 aliphatic carbocycles. The molecule has 0 spiro atoms. The minimum atomic E-state index is -3.54. The van der Waals surface area contributed by atoms with Crippen molar-refractivity contribution >= 4 is 31.6 Å². The average molecular weight is 375 g/mol. The van der Waals surface area contributed by atoms with E-state index in [1.807, 2.05) is 0 Å². The van der Waals surface area contributed by atoms with Crippen molar-refractivity contribution in [2.45, 2.75) is 56.9 Å². The number of hydrogen-bond acceptors (Lipinski definition) is 3. The lowest BCUT2D eigenvalue weighted by Gasteiger charge is -2.23. The van der Waals surface area contributed by atoms with E-state index in [9.17, 15) is 8.42 Å². The molecule has 1 saturated carbocycles. The molecule has 0 aliphatic heterocycles. The summed E-state index contributed by atoms with van der Waals surface area (Å²) in [6, 6.07) is 3.36. The van der Waals surface area contributed by atoms with Crippen LogP contribution in [0.15, 0.2) is 21.5 Å². The van der Waals surface area contributed by atoms with Gasteiger partial charge in [0.1, 0.15) is 0 Å². The normalized spacial score (nSPS) is 23.8. The lowest BCUT2D eigenvalue weighted by Crippen LogP contribution is -2.39. The van der Waals surface area contributed by atoms with Crippen LogP contribution in [-0.4, -0.2) is 14.5 Å². The zero-order valence-electron chi connectivity index (χ0n) is 12.5. The largest absolute Gasteiger partial charge is 0.398 e. The Morgan fingerprint density at radius 3 is 2.62 bits per heavy atom. The Morgan fingerprint density at radius 1 is 1.24 bits per heavy atom. The summed E-state index contributed by atoms with van der Waals surface area (Å²) in [5.41, 5.74) is 6.97. The van der Waals surface area contributed by atoms with Gasteiger partial charge in [0.05, 0.1) is 4.90 Å². The lowest BCUT2D eigenvalue weighted by molar-refractivity contribution is 0.399. The van der Waals surface area contributed by atoms with Gasteiger partial charge in [0.15, 0.2) is 0 Å². The summed E-state index contributed by atoms with van der Waals surface area (Å²) in [6.45, 7) is 3.87. The van der Waals surface area contributed by atoms with Gasteiger partial charge < -0.3 is 5.73 Å². The zero-order chi connectivity index (χ0) is 15.6. The molecule has 118 valence electrons. The molecule has 0 heterocycles. The molecule has 2 unspecified atom stereocenters. The van der Waals surface area contributed by atoms with Gasteiger partial charge in [-0.05, 0) is 43.4 Å². The Bertz CT molecular complexity index is 616. The molecule has 1 fully saturated rings. The summed E-state index contributed by atoms with van der Waals surface area (Å²) in [6.07, 6.45) is 5.43.